The van der Waals surface area contributed by atoms with Gasteiger partial charge in [-0.2, -0.15) is 0 Å². The number of nitrogen functional groups attached to an aromatic ring is 1. The third-order valence-corrected chi connectivity index (χ3v) is 3.20. The molecule has 1 aromatic carbocycles. The minimum atomic E-state index is -0.922. The molecule has 3 N–H and O–H groups in total. The van der Waals surface area contributed by atoms with Gasteiger partial charge in [0.2, 0.25) is 0 Å². The molecule has 1 saturated heterocycles. The molecule has 0 spiro atoms. The molecular weight excluding hydrogens is 254 g/mol. The third kappa shape index (κ3) is 3.41. The Kier molecular flexibility index (Phi) is 4.31. The third-order valence-electron chi connectivity index (χ3n) is 3.20. The molecule has 0 aliphatic carbocycles. The van der Waals surface area contributed by atoms with Crippen molar-refractivity contribution in [3.63, 3.8) is 0 Å². The standard InChI is InChI=1S/C13H16F2N2O2/c14-10-5-9(6-11(15)12(10)16)13(18)17-3-1-8-2-4-19-7-8/h5-6,8H,1-4,7,16H2,(H,17,18). The van der Waals surface area contributed by atoms with Gasteiger partial charge < -0.3 is 15.8 Å². The largest absolute Gasteiger partial charge is 0.394 e. The number of rotatable bonds is 4. The van der Waals surface area contributed by atoms with E-state index in [1.807, 2.05) is 0 Å². The van der Waals surface area contributed by atoms with E-state index in [0.29, 0.717) is 19.1 Å². The summed E-state index contributed by atoms with van der Waals surface area (Å²) in [6.07, 6.45) is 1.78. The summed E-state index contributed by atoms with van der Waals surface area (Å²) in [5.74, 6) is -1.90. The number of hydrogen-bond donors (Lipinski definition) is 2. The second-order valence-electron chi connectivity index (χ2n) is 4.63. The van der Waals surface area contributed by atoms with Crippen LogP contribution >= 0.6 is 0 Å². The van der Waals surface area contributed by atoms with E-state index >= 15 is 0 Å². The van der Waals surface area contributed by atoms with Gasteiger partial charge in [0.05, 0.1) is 0 Å². The van der Waals surface area contributed by atoms with Crippen LogP contribution in [-0.4, -0.2) is 25.7 Å². The van der Waals surface area contributed by atoms with Crippen molar-refractivity contribution in [3.8, 4) is 0 Å². The van der Waals surface area contributed by atoms with Crippen molar-refractivity contribution in [2.75, 3.05) is 25.5 Å². The maximum atomic E-state index is 13.2. The van der Waals surface area contributed by atoms with E-state index in [4.69, 9.17) is 10.5 Å². The van der Waals surface area contributed by atoms with E-state index < -0.39 is 23.2 Å². The molecule has 19 heavy (non-hydrogen) atoms. The van der Waals surface area contributed by atoms with Gasteiger partial charge in [0.15, 0.2) is 0 Å². The summed E-state index contributed by atoms with van der Waals surface area (Å²) in [6, 6.07) is 1.87. The van der Waals surface area contributed by atoms with Crippen molar-refractivity contribution in [1.82, 2.24) is 5.32 Å². The summed E-state index contributed by atoms with van der Waals surface area (Å²) in [4.78, 5) is 11.7. The number of halogens is 2. The van der Waals surface area contributed by atoms with Crippen molar-refractivity contribution in [3.05, 3.63) is 29.3 Å². The van der Waals surface area contributed by atoms with Crippen molar-refractivity contribution in [1.29, 1.82) is 0 Å². The van der Waals surface area contributed by atoms with Crippen LogP contribution in [0.15, 0.2) is 12.1 Å². The quantitative estimate of drug-likeness (QED) is 0.818. The number of carbonyl (C=O) groups excluding carboxylic acids is 1. The fourth-order valence-corrected chi connectivity index (χ4v) is 2.02. The van der Waals surface area contributed by atoms with E-state index in [1.165, 1.54) is 0 Å². The Hall–Kier alpha value is -1.69. The molecule has 1 unspecified atom stereocenters. The van der Waals surface area contributed by atoms with Crippen LogP contribution in [-0.2, 0) is 4.74 Å². The number of anilines is 1. The van der Waals surface area contributed by atoms with Crippen LogP contribution in [0.2, 0.25) is 0 Å². The normalized spacial score (nSPS) is 18.5. The Bertz CT molecular complexity index is 451. The average molecular weight is 270 g/mol. The van der Waals surface area contributed by atoms with Gasteiger partial charge in [-0.25, -0.2) is 8.78 Å². The van der Waals surface area contributed by atoms with Crippen molar-refractivity contribution >= 4 is 11.6 Å². The van der Waals surface area contributed by atoms with E-state index in [1.54, 1.807) is 0 Å². The van der Waals surface area contributed by atoms with E-state index in [-0.39, 0.29) is 5.56 Å². The Balaban J connectivity index is 1.88. The van der Waals surface area contributed by atoms with Crippen LogP contribution in [0.4, 0.5) is 14.5 Å². The summed E-state index contributed by atoms with van der Waals surface area (Å²) in [6.45, 7) is 1.93. The Morgan fingerprint density at radius 3 is 2.68 bits per heavy atom. The summed E-state index contributed by atoms with van der Waals surface area (Å²) in [7, 11) is 0. The van der Waals surface area contributed by atoms with Crippen LogP contribution < -0.4 is 11.1 Å². The first kappa shape index (κ1) is 13.7. The number of benzene rings is 1. The van der Waals surface area contributed by atoms with Crippen LogP contribution in [0, 0.1) is 17.6 Å². The molecule has 1 aromatic rings. The SMILES string of the molecule is Nc1c(F)cc(C(=O)NCCC2CCOC2)cc1F. The highest BCUT2D eigenvalue weighted by Gasteiger charge is 2.16. The first-order valence-corrected chi connectivity index (χ1v) is 6.18. The topological polar surface area (TPSA) is 64.4 Å². The molecule has 0 bridgehead atoms. The van der Waals surface area contributed by atoms with Gasteiger partial charge in [0.1, 0.15) is 17.3 Å². The molecule has 1 atom stereocenters. The number of carbonyl (C=O) groups is 1. The molecule has 1 fully saturated rings. The maximum absolute atomic E-state index is 13.2. The fraction of sp³-hybridized carbons (Fsp3) is 0.462. The molecule has 1 aliphatic rings. The zero-order valence-electron chi connectivity index (χ0n) is 10.4. The number of ether oxygens (including phenoxy) is 1. The average Bonchev–Trinajstić information content (AvgIpc) is 2.88. The summed E-state index contributed by atoms with van der Waals surface area (Å²) in [5.41, 5.74) is 4.51. The van der Waals surface area contributed by atoms with Crippen LogP contribution in [0.3, 0.4) is 0 Å². The number of nitrogens with two attached hydrogens (primary N) is 1. The van der Waals surface area contributed by atoms with Crippen LogP contribution in [0.1, 0.15) is 23.2 Å². The van der Waals surface area contributed by atoms with Gasteiger partial charge >= 0.3 is 0 Å². The lowest BCUT2D eigenvalue weighted by Crippen LogP contribution is -2.26. The number of nitrogens with one attached hydrogen (secondary N) is 1. The molecular formula is C13H16F2N2O2. The highest BCUT2D eigenvalue weighted by Crippen LogP contribution is 2.18. The number of amides is 1. The van der Waals surface area contributed by atoms with Crippen LogP contribution in [0.5, 0.6) is 0 Å². The molecule has 4 nitrogen and oxygen atoms in total. The smallest absolute Gasteiger partial charge is 0.251 e. The fourth-order valence-electron chi connectivity index (χ4n) is 2.02. The Morgan fingerprint density at radius 2 is 2.11 bits per heavy atom. The van der Waals surface area contributed by atoms with E-state index in [9.17, 15) is 13.6 Å². The summed E-state index contributed by atoms with van der Waals surface area (Å²) in [5, 5.41) is 2.63. The molecule has 2 rings (SSSR count). The predicted octanol–water partition coefficient (Wildman–Crippen LogP) is 1.70. The lowest BCUT2D eigenvalue weighted by Gasteiger charge is -2.09. The minimum absolute atomic E-state index is 0.0631. The second kappa shape index (κ2) is 5.97. The Labute approximate surface area is 109 Å². The van der Waals surface area contributed by atoms with Gasteiger partial charge in [0, 0.05) is 25.3 Å². The zero-order valence-corrected chi connectivity index (χ0v) is 10.4. The van der Waals surface area contributed by atoms with Crippen LogP contribution in [0.25, 0.3) is 0 Å². The molecule has 0 radical (unpaired) electrons. The molecule has 1 aliphatic heterocycles. The highest BCUT2D eigenvalue weighted by atomic mass is 19.1. The molecule has 1 amide bonds. The molecule has 0 saturated carbocycles. The monoisotopic (exact) mass is 270 g/mol. The Morgan fingerprint density at radius 1 is 1.42 bits per heavy atom. The van der Waals surface area contributed by atoms with Gasteiger partial charge in [-0.05, 0) is 30.9 Å². The van der Waals surface area contributed by atoms with E-state index in [2.05, 4.69) is 5.32 Å². The summed E-state index contributed by atoms with van der Waals surface area (Å²) < 4.78 is 31.6. The van der Waals surface area contributed by atoms with Crippen molar-refractivity contribution in [2.24, 2.45) is 5.92 Å². The molecule has 1 heterocycles. The van der Waals surface area contributed by atoms with Gasteiger partial charge in [-0.15, -0.1) is 0 Å². The number of hydrogen-bond acceptors (Lipinski definition) is 3. The second-order valence-corrected chi connectivity index (χ2v) is 4.63. The summed E-state index contributed by atoms with van der Waals surface area (Å²) >= 11 is 0. The van der Waals surface area contributed by atoms with Gasteiger partial charge in [-0.1, -0.05) is 0 Å². The molecule has 104 valence electrons. The zero-order chi connectivity index (χ0) is 13.8. The molecule has 0 aromatic heterocycles. The maximum Gasteiger partial charge on any atom is 0.251 e. The molecule has 6 heteroatoms. The van der Waals surface area contributed by atoms with E-state index in [0.717, 1.165) is 31.6 Å². The van der Waals surface area contributed by atoms with Crippen molar-refractivity contribution in [2.45, 2.75) is 12.8 Å². The van der Waals surface area contributed by atoms with Gasteiger partial charge in [-0.3, -0.25) is 4.79 Å². The minimum Gasteiger partial charge on any atom is -0.394 e. The lowest BCUT2D eigenvalue weighted by molar-refractivity contribution is 0.0949. The predicted molar refractivity (Wildman–Crippen MR) is 66.6 cm³/mol. The van der Waals surface area contributed by atoms with Crippen molar-refractivity contribution < 1.29 is 18.3 Å². The first-order chi connectivity index (χ1) is 9.08. The van der Waals surface area contributed by atoms with Gasteiger partial charge in [0.25, 0.3) is 5.91 Å². The highest BCUT2D eigenvalue weighted by molar-refractivity contribution is 5.94. The lowest BCUT2D eigenvalue weighted by atomic mass is 10.1. The first-order valence-electron chi connectivity index (χ1n) is 6.18.